The Labute approximate surface area is 175 Å². The Kier molecular flexibility index (Phi) is 6.48. The molecule has 0 spiro atoms. The van der Waals surface area contributed by atoms with E-state index in [2.05, 4.69) is 17.2 Å². The molecule has 9 heteroatoms. The zero-order chi connectivity index (χ0) is 21.2. The first-order valence-electron chi connectivity index (χ1n) is 9.55. The van der Waals surface area contributed by atoms with Crippen LogP contribution >= 0.6 is 11.8 Å². The van der Waals surface area contributed by atoms with Gasteiger partial charge in [0.2, 0.25) is 0 Å². The molecule has 0 N–H and O–H groups in total. The zero-order valence-electron chi connectivity index (χ0n) is 17.1. The number of nitrogens with zero attached hydrogens (tertiary/aromatic N) is 3. The average Bonchev–Trinajstić information content (AvgIpc) is 3.06. The minimum Gasteiger partial charge on any atom is -0.399 e. The highest BCUT2D eigenvalue weighted by molar-refractivity contribution is 8.08. The van der Waals surface area contributed by atoms with Crippen molar-refractivity contribution < 1.29 is 18.0 Å². The second-order valence-corrected chi connectivity index (χ2v) is 9.94. The van der Waals surface area contributed by atoms with E-state index in [0.29, 0.717) is 29.8 Å². The lowest BCUT2D eigenvalue weighted by atomic mass is 9.95. The van der Waals surface area contributed by atoms with Gasteiger partial charge >= 0.3 is 0 Å². The Morgan fingerprint density at radius 2 is 2.10 bits per heavy atom. The SMILES string of the molecule is CCCSC(=C1C=NN(CC)C1=O)c1ccc2c(c1C)/C(=N/OC)CCS2(=O)=O. The van der Waals surface area contributed by atoms with Crippen molar-refractivity contribution in [2.75, 3.05) is 25.2 Å². The molecule has 2 heterocycles. The van der Waals surface area contributed by atoms with Crippen molar-refractivity contribution in [2.24, 2.45) is 10.3 Å². The van der Waals surface area contributed by atoms with Gasteiger partial charge in [-0.3, -0.25) is 4.79 Å². The van der Waals surface area contributed by atoms with Gasteiger partial charge in [0.15, 0.2) is 9.84 Å². The monoisotopic (exact) mass is 435 g/mol. The molecular weight excluding hydrogens is 410 g/mol. The molecule has 2 aliphatic heterocycles. The number of thioether (sulfide) groups is 1. The predicted octanol–water partition coefficient (Wildman–Crippen LogP) is 3.23. The summed E-state index contributed by atoms with van der Waals surface area (Å²) < 4.78 is 25.2. The van der Waals surface area contributed by atoms with Gasteiger partial charge < -0.3 is 4.84 Å². The summed E-state index contributed by atoms with van der Waals surface area (Å²) in [5.41, 5.74) is 3.35. The molecule has 0 aliphatic carbocycles. The highest BCUT2D eigenvalue weighted by Crippen LogP contribution is 2.39. The highest BCUT2D eigenvalue weighted by atomic mass is 32.2. The van der Waals surface area contributed by atoms with Crippen molar-refractivity contribution in [3.8, 4) is 0 Å². The van der Waals surface area contributed by atoms with Crippen molar-refractivity contribution in [1.29, 1.82) is 0 Å². The van der Waals surface area contributed by atoms with Crippen LogP contribution in [-0.4, -0.2) is 56.4 Å². The minimum atomic E-state index is -3.38. The Hall–Kier alpha value is -2.13. The molecule has 0 radical (unpaired) electrons. The fraction of sp³-hybridized carbons (Fsp3) is 0.450. The van der Waals surface area contributed by atoms with Crippen molar-refractivity contribution >= 4 is 44.3 Å². The van der Waals surface area contributed by atoms with Crippen LogP contribution in [0, 0.1) is 6.92 Å². The van der Waals surface area contributed by atoms with Crippen LogP contribution in [0.3, 0.4) is 0 Å². The van der Waals surface area contributed by atoms with E-state index in [-0.39, 0.29) is 16.6 Å². The van der Waals surface area contributed by atoms with Crippen LogP contribution in [0.5, 0.6) is 0 Å². The number of hydrogen-bond acceptors (Lipinski definition) is 7. The molecular formula is C20H25N3O4S2. The topological polar surface area (TPSA) is 88.4 Å². The van der Waals surface area contributed by atoms with Crippen LogP contribution in [0.4, 0.5) is 0 Å². The number of carbonyl (C=O) groups is 1. The zero-order valence-corrected chi connectivity index (χ0v) is 18.7. The Morgan fingerprint density at radius 3 is 2.72 bits per heavy atom. The molecule has 0 aromatic heterocycles. The maximum atomic E-state index is 12.8. The van der Waals surface area contributed by atoms with Gasteiger partial charge in [0, 0.05) is 23.4 Å². The van der Waals surface area contributed by atoms with Gasteiger partial charge in [-0.2, -0.15) is 5.10 Å². The van der Waals surface area contributed by atoms with Crippen molar-refractivity contribution in [3.05, 3.63) is 34.4 Å². The Balaban J connectivity index is 2.24. The summed E-state index contributed by atoms with van der Waals surface area (Å²) in [5.74, 6) is 0.706. The number of amides is 1. The van der Waals surface area contributed by atoms with E-state index in [0.717, 1.165) is 28.2 Å². The smallest absolute Gasteiger partial charge is 0.276 e. The Bertz CT molecular complexity index is 1030. The van der Waals surface area contributed by atoms with Crippen LogP contribution in [0.1, 0.15) is 43.4 Å². The summed E-state index contributed by atoms with van der Waals surface area (Å²) >= 11 is 1.59. The van der Waals surface area contributed by atoms with Crippen molar-refractivity contribution in [1.82, 2.24) is 5.01 Å². The first-order valence-corrected chi connectivity index (χ1v) is 12.2. The molecule has 0 saturated carbocycles. The summed E-state index contributed by atoms with van der Waals surface area (Å²) in [4.78, 5) is 18.8. The highest BCUT2D eigenvalue weighted by Gasteiger charge is 2.32. The van der Waals surface area contributed by atoms with Gasteiger partial charge in [-0.05, 0) is 43.2 Å². The van der Waals surface area contributed by atoms with Gasteiger partial charge in [-0.1, -0.05) is 18.1 Å². The van der Waals surface area contributed by atoms with Gasteiger partial charge in [-0.25, -0.2) is 13.4 Å². The molecule has 1 amide bonds. The Morgan fingerprint density at radius 1 is 1.34 bits per heavy atom. The average molecular weight is 436 g/mol. The molecule has 0 fully saturated rings. The van der Waals surface area contributed by atoms with Gasteiger partial charge in [0.25, 0.3) is 5.91 Å². The van der Waals surface area contributed by atoms with E-state index in [9.17, 15) is 13.2 Å². The third-order valence-corrected chi connectivity index (χ3v) is 7.98. The van der Waals surface area contributed by atoms with E-state index in [1.165, 1.54) is 12.1 Å². The number of benzene rings is 1. The maximum Gasteiger partial charge on any atom is 0.276 e. The normalized spacial score (nSPS) is 20.9. The molecule has 1 aromatic carbocycles. The third kappa shape index (κ3) is 3.98. The lowest BCUT2D eigenvalue weighted by Crippen LogP contribution is -2.24. The first kappa shape index (κ1) is 21.6. The lowest BCUT2D eigenvalue weighted by molar-refractivity contribution is -0.125. The van der Waals surface area contributed by atoms with Crippen LogP contribution in [-0.2, 0) is 19.5 Å². The minimum absolute atomic E-state index is 0.0100. The molecule has 0 atom stereocenters. The predicted molar refractivity (Wildman–Crippen MR) is 117 cm³/mol. The quantitative estimate of drug-likeness (QED) is 0.506. The summed E-state index contributed by atoms with van der Waals surface area (Å²) in [5, 5.41) is 9.71. The summed E-state index contributed by atoms with van der Waals surface area (Å²) in [7, 11) is -1.93. The number of likely N-dealkylation sites (N-methyl/N-ethyl adjacent to an activating group) is 1. The van der Waals surface area contributed by atoms with Crippen molar-refractivity contribution in [3.63, 3.8) is 0 Å². The second-order valence-electron chi connectivity index (χ2n) is 6.76. The number of sulfone groups is 1. The van der Waals surface area contributed by atoms with Crippen molar-refractivity contribution in [2.45, 2.75) is 38.5 Å². The molecule has 7 nitrogen and oxygen atoms in total. The molecule has 156 valence electrons. The lowest BCUT2D eigenvalue weighted by Gasteiger charge is -2.23. The summed E-state index contributed by atoms with van der Waals surface area (Å²) in [6.07, 6.45) is 2.84. The van der Waals surface area contributed by atoms with E-state index in [1.807, 2.05) is 13.8 Å². The summed E-state index contributed by atoms with van der Waals surface area (Å²) in [6.45, 7) is 6.32. The van der Waals surface area contributed by atoms with E-state index >= 15 is 0 Å². The number of hydrazone groups is 1. The maximum absolute atomic E-state index is 12.8. The van der Waals surface area contributed by atoms with Gasteiger partial charge in [-0.15, -0.1) is 11.8 Å². The third-order valence-electron chi connectivity index (χ3n) is 4.89. The molecule has 0 saturated heterocycles. The number of oxime groups is 1. The summed E-state index contributed by atoms with van der Waals surface area (Å²) in [6, 6.07) is 3.42. The van der Waals surface area contributed by atoms with E-state index in [1.54, 1.807) is 30.1 Å². The van der Waals surface area contributed by atoms with Crippen LogP contribution in [0.2, 0.25) is 0 Å². The largest absolute Gasteiger partial charge is 0.399 e. The van der Waals surface area contributed by atoms with E-state index < -0.39 is 9.84 Å². The van der Waals surface area contributed by atoms with Crippen LogP contribution < -0.4 is 0 Å². The molecule has 2 aliphatic rings. The van der Waals surface area contributed by atoms with Crippen LogP contribution in [0.15, 0.2) is 32.9 Å². The van der Waals surface area contributed by atoms with Gasteiger partial charge in [0.05, 0.1) is 28.1 Å². The fourth-order valence-corrected chi connectivity index (χ4v) is 6.10. The standard InChI is InChI=1S/C20H25N3O4S2/c1-5-10-28-19(15-12-21-23(6-2)20(15)24)14-7-8-17-18(13(14)3)16(22-27-4)9-11-29(17,25)26/h7-8,12H,5-6,9-11H2,1-4H3/b19-15?,22-16+. The molecule has 1 aromatic rings. The second kappa shape index (κ2) is 8.71. The number of hydrogen-bond donors (Lipinski definition) is 0. The molecule has 3 rings (SSSR count). The number of carbonyl (C=O) groups excluding carboxylic acids is 1. The molecule has 29 heavy (non-hydrogen) atoms. The molecule has 0 bridgehead atoms. The first-order chi connectivity index (χ1) is 13.9. The molecule has 0 unspecified atom stereocenters. The van der Waals surface area contributed by atoms with Crippen LogP contribution in [0.25, 0.3) is 4.91 Å². The number of rotatable bonds is 6. The fourth-order valence-electron chi connectivity index (χ4n) is 3.48. The van der Waals surface area contributed by atoms with E-state index in [4.69, 9.17) is 4.84 Å². The number of fused-ring (bicyclic) bond motifs is 1. The van der Waals surface area contributed by atoms with Gasteiger partial charge in [0.1, 0.15) is 7.11 Å².